The first-order valence-electron chi connectivity index (χ1n) is 9.52. The maximum absolute atomic E-state index is 5.72. The number of nitrogens with zero attached hydrogens (tertiary/aromatic N) is 2. The summed E-state index contributed by atoms with van der Waals surface area (Å²) in [6.45, 7) is 7.35. The van der Waals surface area contributed by atoms with Gasteiger partial charge >= 0.3 is 0 Å². The van der Waals surface area contributed by atoms with E-state index < -0.39 is 0 Å². The fourth-order valence-electron chi connectivity index (χ4n) is 3.10. The van der Waals surface area contributed by atoms with E-state index in [0.717, 1.165) is 64.5 Å². The summed E-state index contributed by atoms with van der Waals surface area (Å²) in [5.74, 6) is 1.01. The molecule has 1 aliphatic heterocycles. The molecule has 0 spiro atoms. The molecule has 1 heterocycles. The minimum atomic E-state index is 0. The molecule has 1 aromatic rings. The van der Waals surface area contributed by atoms with Gasteiger partial charge in [0.05, 0.1) is 12.7 Å². The van der Waals surface area contributed by atoms with E-state index in [0.29, 0.717) is 12.7 Å². The molecule has 1 aliphatic rings. The van der Waals surface area contributed by atoms with Crippen LogP contribution in [0.25, 0.3) is 0 Å². The largest absolute Gasteiger partial charge is 0.378 e. The Hall–Kier alpha value is -0.860. The Bertz CT molecular complexity index is 491. The maximum atomic E-state index is 5.72. The van der Waals surface area contributed by atoms with Crippen LogP contribution < -0.4 is 5.32 Å². The van der Waals surface area contributed by atoms with Crippen LogP contribution in [0.1, 0.15) is 38.2 Å². The number of ether oxygens (including phenoxy) is 2. The van der Waals surface area contributed by atoms with Crippen molar-refractivity contribution in [2.75, 3.05) is 39.9 Å². The number of aliphatic imine (C=N–C) groups is 1. The average Bonchev–Trinajstić information content (AvgIpc) is 2.66. The van der Waals surface area contributed by atoms with Gasteiger partial charge in [-0.3, -0.25) is 4.99 Å². The second-order valence-electron chi connectivity index (χ2n) is 6.36. The van der Waals surface area contributed by atoms with E-state index in [-0.39, 0.29) is 24.0 Å². The molecule has 2 rings (SSSR count). The molecule has 5 nitrogen and oxygen atoms in total. The Labute approximate surface area is 175 Å². The van der Waals surface area contributed by atoms with Gasteiger partial charge in [0.1, 0.15) is 0 Å². The second kappa shape index (κ2) is 14.2. The van der Waals surface area contributed by atoms with E-state index in [9.17, 15) is 0 Å². The molecule has 0 bridgehead atoms. The van der Waals surface area contributed by atoms with Crippen molar-refractivity contribution in [3.63, 3.8) is 0 Å². The molecule has 0 radical (unpaired) electrons. The number of halogens is 1. The number of hydrogen-bond acceptors (Lipinski definition) is 3. The van der Waals surface area contributed by atoms with Crippen LogP contribution in [0.15, 0.2) is 35.3 Å². The van der Waals surface area contributed by atoms with Gasteiger partial charge in [0.15, 0.2) is 5.96 Å². The van der Waals surface area contributed by atoms with Gasteiger partial charge in [-0.2, -0.15) is 0 Å². The Morgan fingerprint density at radius 2 is 1.92 bits per heavy atom. The standard InChI is InChI=1S/C20H33N3O2.HI/c1-3-25-19-11-14-23(15-12-19)20(21-2)22-13-7-8-16-24-17-18-9-5-4-6-10-18;/h4-6,9-10,19H,3,7-8,11-17H2,1-2H3,(H,21,22);1H. The van der Waals surface area contributed by atoms with Gasteiger partial charge in [-0.05, 0) is 38.2 Å². The number of piperidine rings is 1. The van der Waals surface area contributed by atoms with Crippen LogP contribution in [0.5, 0.6) is 0 Å². The molecule has 1 fully saturated rings. The molecule has 0 aliphatic carbocycles. The van der Waals surface area contributed by atoms with Crippen molar-refractivity contribution >= 4 is 29.9 Å². The fourth-order valence-corrected chi connectivity index (χ4v) is 3.10. The van der Waals surface area contributed by atoms with Gasteiger partial charge in [0.2, 0.25) is 0 Å². The quantitative estimate of drug-likeness (QED) is 0.256. The monoisotopic (exact) mass is 475 g/mol. The third kappa shape index (κ3) is 8.68. The Kier molecular flexibility index (Phi) is 12.7. The van der Waals surface area contributed by atoms with Crippen molar-refractivity contribution in [1.29, 1.82) is 0 Å². The van der Waals surface area contributed by atoms with Crippen LogP contribution in [-0.2, 0) is 16.1 Å². The molecule has 0 atom stereocenters. The molecule has 0 unspecified atom stereocenters. The third-order valence-corrected chi connectivity index (χ3v) is 4.47. The van der Waals surface area contributed by atoms with Crippen molar-refractivity contribution < 1.29 is 9.47 Å². The Morgan fingerprint density at radius 1 is 1.19 bits per heavy atom. The summed E-state index contributed by atoms with van der Waals surface area (Å²) in [6.07, 6.45) is 4.73. The minimum absolute atomic E-state index is 0. The number of nitrogens with one attached hydrogen (secondary N) is 1. The van der Waals surface area contributed by atoms with E-state index >= 15 is 0 Å². The van der Waals surface area contributed by atoms with Gasteiger partial charge in [0, 0.05) is 39.9 Å². The maximum Gasteiger partial charge on any atom is 0.193 e. The van der Waals surface area contributed by atoms with Crippen LogP contribution in [0.2, 0.25) is 0 Å². The number of hydrogen-bond donors (Lipinski definition) is 1. The third-order valence-electron chi connectivity index (χ3n) is 4.47. The molecule has 148 valence electrons. The summed E-state index contributed by atoms with van der Waals surface area (Å²) in [5, 5.41) is 3.47. The van der Waals surface area contributed by atoms with Crippen molar-refractivity contribution in [2.24, 2.45) is 4.99 Å². The summed E-state index contributed by atoms with van der Waals surface area (Å²) in [4.78, 5) is 6.75. The molecule has 26 heavy (non-hydrogen) atoms. The lowest BCUT2D eigenvalue weighted by molar-refractivity contribution is 0.0264. The van der Waals surface area contributed by atoms with E-state index in [1.54, 1.807) is 0 Å². The predicted octanol–water partition coefficient (Wildman–Crippen LogP) is 3.68. The summed E-state index contributed by atoms with van der Waals surface area (Å²) in [6, 6.07) is 10.3. The fraction of sp³-hybridized carbons (Fsp3) is 0.650. The van der Waals surface area contributed by atoms with Gasteiger partial charge < -0.3 is 19.7 Å². The highest BCUT2D eigenvalue weighted by molar-refractivity contribution is 14.0. The summed E-state index contributed by atoms with van der Waals surface area (Å²) < 4.78 is 11.4. The van der Waals surface area contributed by atoms with Gasteiger partial charge in [-0.15, -0.1) is 24.0 Å². The molecule has 1 aromatic carbocycles. The molecule has 6 heteroatoms. The molecule has 0 amide bonds. The predicted molar refractivity (Wildman–Crippen MR) is 118 cm³/mol. The summed E-state index contributed by atoms with van der Waals surface area (Å²) in [5.41, 5.74) is 1.23. The molecular weight excluding hydrogens is 441 g/mol. The second-order valence-corrected chi connectivity index (χ2v) is 6.36. The summed E-state index contributed by atoms with van der Waals surface area (Å²) >= 11 is 0. The zero-order valence-electron chi connectivity index (χ0n) is 16.2. The number of likely N-dealkylation sites (tertiary alicyclic amines) is 1. The first-order chi connectivity index (χ1) is 12.3. The van der Waals surface area contributed by atoms with Crippen LogP contribution >= 0.6 is 24.0 Å². The number of benzene rings is 1. The van der Waals surface area contributed by atoms with Gasteiger partial charge in [0.25, 0.3) is 0 Å². The van der Waals surface area contributed by atoms with E-state index in [4.69, 9.17) is 9.47 Å². The Balaban J connectivity index is 0.00000338. The zero-order chi connectivity index (χ0) is 17.7. The smallest absolute Gasteiger partial charge is 0.193 e. The number of unbranched alkanes of at least 4 members (excludes halogenated alkanes) is 1. The molecule has 0 aromatic heterocycles. The first kappa shape index (κ1) is 23.2. The van der Waals surface area contributed by atoms with Crippen LogP contribution in [0, 0.1) is 0 Å². The molecular formula is C20H34IN3O2. The van der Waals surface area contributed by atoms with Crippen LogP contribution in [-0.4, -0.2) is 56.9 Å². The van der Waals surface area contributed by atoms with Crippen molar-refractivity contribution in [3.05, 3.63) is 35.9 Å². The Morgan fingerprint density at radius 3 is 2.58 bits per heavy atom. The van der Waals surface area contributed by atoms with Gasteiger partial charge in [-0.25, -0.2) is 0 Å². The van der Waals surface area contributed by atoms with Crippen molar-refractivity contribution in [1.82, 2.24) is 10.2 Å². The lowest BCUT2D eigenvalue weighted by Gasteiger charge is -2.34. The lowest BCUT2D eigenvalue weighted by Crippen LogP contribution is -2.47. The zero-order valence-corrected chi connectivity index (χ0v) is 18.5. The minimum Gasteiger partial charge on any atom is -0.378 e. The van der Waals surface area contributed by atoms with Gasteiger partial charge in [-0.1, -0.05) is 30.3 Å². The lowest BCUT2D eigenvalue weighted by atomic mass is 10.1. The van der Waals surface area contributed by atoms with Crippen molar-refractivity contribution in [2.45, 2.75) is 45.3 Å². The number of guanidine groups is 1. The topological polar surface area (TPSA) is 46.1 Å². The number of rotatable bonds is 9. The highest BCUT2D eigenvalue weighted by Crippen LogP contribution is 2.13. The molecule has 0 saturated carbocycles. The van der Waals surface area contributed by atoms with E-state index in [1.165, 1.54) is 5.56 Å². The van der Waals surface area contributed by atoms with Crippen LogP contribution in [0.3, 0.4) is 0 Å². The van der Waals surface area contributed by atoms with E-state index in [1.807, 2.05) is 25.2 Å². The first-order valence-corrected chi connectivity index (χ1v) is 9.52. The molecule has 1 saturated heterocycles. The summed E-state index contributed by atoms with van der Waals surface area (Å²) in [7, 11) is 1.86. The van der Waals surface area contributed by atoms with Crippen LogP contribution in [0.4, 0.5) is 0 Å². The molecule has 1 N–H and O–H groups in total. The average molecular weight is 475 g/mol. The normalized spacial score (nSPS) is 15.6. The van der Waals surface area contributed by atoms with Crippen molar-refractivity contribution in [3.8, 4) is 0 Å². The van der Waals surface area contributed by atoms with E-state index in [2.05, 4.69) is 34.3 Å². The highest BCUT2D eigenvalue weighted by atomic mass is 127. The SMILES string of the molecule is CCOC1CCN(C(=NC)NCCCCOCc2ccccc2)CC1.I. The highest BCUT2D eigenvalue weighted by Gasteiger charge is 2.21.